The number of nitrogens with zero attached hydrogens (tertiary/aromatic N) is 4. The van der Waals surface area contributed by atoms with Gasteiger partial charge in [0.2, 0.25) is 0 Å². The molecule has 7 heteroatoms. The fraction of sp³-hybridized carbons (Fsp3) is 0.433. The van der Waals surface area contributed by atoms with Gasteiger partial charge in [-0.1, -0.05) is 37.6 Å². The monoisotopic (exact) mass is 500 g/mol. The van der Waals surface area contributed by atoms with Crippen LogP contribution < -0.4 is 9.64 Å². The number of hydrogen-bond acceptors (Lipinski definition) is 6. The maximum atomic E-state index is 13.4. The van der Waals surface area contributed by atoms with E-state index in [1.54, 1.807) is 7.11 Å². The number of anilines is 1. The molecule has 37 heavy (non-hydrogen) atoms. The number of amides is 1. The maximum absolute atomic E-state index is 13.4. The fourth-order valence-corrected chi connectivity index (χ4v) is 5.08. The Morgan fingerprint density at radius 2 is 1.84 bits per heavy atom. The quantitative estimate of drug-likeness (QED) is 0.455. The molecule has 1 amide bonds. The van der Waals surface area contributed by atoms with E-state index in [2.05, 4.69) is 30.0 Å². The number of aryl methyl sites for hydroxylation is 1. The van der Waals surface area contributed by atoms with Crippen LogP contribution in [0.2, 0.25) is 0 Å². The van der Waals surface area contributed by atoms with Gasteiger partial charge >= 0.3 is 0 Å². The molecular formula is C30H36N4O3. The molecule has 5 rings (SSSR count). The van der Waals surface area contributed by atoms with Crippen molar-refractivity contribution >= 4 is 11.7 Å². The number of morpholine rings is 1. The molecule has 0 spiro atoms. The lowest BCUT2D eigenvalue weighted by atomic mass is 10.0. The van der Waals surface area contributed by atoms with E-state index in [1.807, 2.05) is 35.2 Å². The van der Waals surface area contributed by atoms with Crippen molar-refractivity contribution in [1.29, 1.82) is 0 Å². The van der Waals surface area contributed by atoms with E-state index in [1.165, 1.54) is 18.4 Å². The minimum atomic E-state index is 0.0704. The topological polar surface area (TPSA) is 67.8 Å². The first-order chi connectivity index (χ1) is 18.1. The van der Waals surface area contributed by atoms with Crippen LogP contribution in [-0.4, -0.2) is 60.7 Å². The van der Waals surface area contributed by atoms with Gasteiger partial charge in [-0.05, 0) is 48.2 Å². The van der Waals surface area contributed by atoms with E-state index in [0.717, 1.165) is 65.7 Å². The third-order valence-electron chi connectivity index (χ3n) is 7.20. The molecule has 1 aromatic heterocycles. The number of carbonyl (C=O) groups is 1. The highest BCUT2D eigenvalue weighted by Crippen LogP contribution is 2.29. The molecule has 2 aliphatic rings. The van der Waals surface area contributed by atoms with Gasteiger partial charge in [-0.15, -0.1) is 0 Å². The van der Waals surface area contributed by atoms with Crippen LogP contribution in [-0.2, 0) is 30.5 Å². The predicted molar refractivity (Wildman–Crippen MR) is 144 cm³/mol. The van der Waals surface area contributed by atoms with Crippen LogP contribution in [0.25, 0.3) is 0 Å². The van der Waals surface area contributed by atoms with Gasteiger partial charge in [-0.3, -0.25) is 4.79 Å². The van der Waals surface area contributed by atoms with E-state index in [-0.39, 0.29) is 5.91 Å². The number of fused-ring (bicyclic) bond motifs is 1. The molecule has 0 aliphatic carbocycles. The first kappa shape index (κ1) is 25.2. The molecule has 7 nitrogen and oxygen atoms in total. The highest BCUT2D eigenvalue weighted by molar-refractivity contribution is 5.94. The van der Waals surface area contributed by atoms with E-state index in [0.29, 0.717) is 32.7 Å². The zero-order valence-electron chi connectivity index (χ0n) is 21.9. The number of aromatic nitrogens is 2. The van der Waals surface area contributed by atoms with Crippen molar-refractivity contribution in [3.8, 4) is 5.75 Å². The number of unbranched alkanes of at least 4 members (excludes halogenated alkanes) is 1. The second kappa shape index (κ2) is 11.7. The average Bonchev–Trinajstić information content (AvgIpc) is 2.96. The van der Waals surface area contributed by atoms with Crippen LogP contribution in [0.3, 0.4) is 0 Å². The molecule has 0 atom stereocenters. The molecule has 1 fully saturated rings. The Morgan fingerprint density at radius 1 is 1.03 bits per heavy atom. The van der Waals surface area contributed by atoms with Gasteiger partial charge in [0.1, 0.15) is 17.4 Å². The molecule has 3 aromatic rings. The van der Waals surface area contributed by atoms with Crippen molar-refractivity contribution in [2.24, 2.45) is 0 Å². The van der Waals surface area contributed by atoms with Gasteiger partial charge in [0.25, 0.3) is 5.91 Å². The van der Waals surface area contributed by atoms with Crippen LogP contribution in [0.4, 0.5) is 5.82 Å². The van der Waals surface area contributed by atoms with E-state index < -0.39 is 0 Å². The van der Waals surface area contributed by atoms with E-state index in [4.69, 9.17) is 19.4 Å². The smallest absolute Gasteiger partial charge is 0.254 e. The summed E-state index contributed by atoms with van der Waals surface area (Å²) in [6.07, 6.45) is 4.75. The molecule has 0 saturated carbocycles. The molecule has 3 heterocycles. The number of hydrogen-bond donors (Lipinski definition) is 0. The Labute approximate surface area is 219 Å². The zero-order chi connectivity index (χ0) is 25.6. The van der Waals surface area contributed by atoms with Gasteiger partial charge in [-0.25, -0.2) is 9.97 Å². The van der Waals surface area contributed by atoms with Crippen LogP contribution >= 0.6 is 0 Å². The first-order valence-corrected chi connectivity index (χ1v) is 13.4. The summed E-state index contributed by atoms with van der Waals surface area (Å²) in [5.74, 6) is 2.65. The largest absolute Gasteiger partial charge is 0.497 e. The normalized spacial score (nSPS) is 15.4. The molecule has 0 unspecified atom stereocenters. The van der Waals surface area contributed by atoms with Crippen molar-refractivity contribution in [2.45, 2.75) is 45.6 Å². The van der Waals surface area contributed by atoms with Crippen LogP contribution in [0, 0.1) is 0 Å². The minimum Gasteiger partial charge on any atom is -0.497 e. The molecule has 2 aliphatic heterocycles. The standard InChI is InChI=1S/C30H36N4O3/c1-3-4-6-22-9-11-24(12-10-22)30(35)34-14-13-27-26(21-34)29(33-15-17-37-18-16-33)32-28(31-27)20-23-7-5-8-25(19-23)36-2/h5,7-12,19H,3-4,6,13-18,20-21H2,1-2H3. The summed E-state index contributed by atoms with van der Waals surface area (Å²) in [5, 5.41) is 0. The van der Waals surface area contributed by atoms with Crippen molar-refractivity contribution < 1.29 is 14.3 Å². The fourth-order valence-electron chi connectivity index (χ4n) is 5.08. The third kappa shape index (κ3) is 5.93. The van der Waals surface area contributed by atoms with Gasteiger partial charge in [0.05, 0.1) is 32.6 Å². The lowest BCUT2D eigenvalue weighted by molar-refractivity contribution is 0.0733. The lowest BCUT2D eigenvalue weighted by Crippen LogP contribution is -2.41. The Bertz CT molecular complexity index is 1220. The van der Waals surface area contributed by atoms with Crippen LogP contribution in [0.15, 0.2) is 48.5 Å². The summed E-state index contributed by atoms with van der Waals surface area (Å²) in [7, 11) is 1.68. The van der Waals surface area contributed by atoms with E-state index in [9.17, 15) is 4.79 Å². The molecule has 0 radical (unpaired) electrons. The zero-order valence-corrected chi connectivity index (χ0v) is 21.9. The highest BCUT2D eigenvalue weighted by Gasteiger charge is 2.29. The number of benzene rings is 2. The maximum Gasteiger partial charge on any atom is 0.254 e. The van der Waals surface area contributed by atoms with Crippen LogP contribution in [0.5, 0.6) is 5.75 Å². The Balaban J connectivity index is 1.40. The number of methoxy groups -OCH3 is 1. The summed E-state index contributed by atoms with van der Waals surface area (Å²) in [6, 6.07) is 16.2. The van der Waals surface area contributed by atoms with Crippen molar-refractivity contribution in [3.05, 3.63) is 82.3 Å². The number of ether oxygens (including phenoxy) is 2. The molecular weight excluding hydrogens is 464 g/mol. The molecule has 1 saturated heterocycles. The Morgan fingerprint density at radius 3 is 2.59 bits per heavy atom. The Hall–Kier alpha value is -3.45. The van der Waals surface area contributed by atoms with Crippen molar-refractivity contribution in [3.63, 3.8) is 0 Å². The summed E-state index contributed by atoms with van der Waals surface area (Å²) < 4.78 is 11.0. The second-order valence-electron chi connectivity index (χ2n) is 9.79. The van der Waals surface area contributed by atoms with Crippen molar-refractivity contribution in [2.75, 3.05) is 44.9 Å². The average molecular weight is 501 g/mol. The lowest BCUT2D eigenvalue weighted by Gasteiger charge is -2.34. The highest BCUT2D eigenvalue weighted by atomic mass is 16.5. The third-order valence-corrected chi connectivity index (χ3v) is 7.20. The summed E-state index contributed by atoms with van der Waals surface area (Å²) in [6.45, 7) is 6.31. The first-order valence-electron chi connectivity index (χ1n) is 13.4. The molecule has 0 N–H and O–H groups in total. The van der Waals surface area contributed by atoms with Gasteiger partial charge in [0.15, 0.2) is 0 Å². The van der Waals surface area contributed by atoms with Gasteiger partial charge < -0.3 is 19.3 Å². The number of rotatable bonds is 8. The Kier molecular flexibility index (Phi) is 7.99. The number of carbonyl (C=O) groups excluding carboxylic acids is 1. The van der Waals surface area contributed by atoms with E-state index >= 15 is 0 Å². The van der Waals surface area contributed by atoms with Crippen molar-refractivity contribution in [1.82, 2.24) is 14.9 Å². The van der Waals surface area contributed by atoms with Gasteiger partial charge in [-0.2, -0.15) is 0 Å². The summed E-state index contributed by atoms with van der Waals surface area (Å²) >= 11 is 0. The second-order valence-corrected chi connectivity index (χ2v) is 9.79. The molecule has 0 bridgehead atoms. The summed E-state index contributed by atoms with van der Waals surface area (Å²) in [5.41, 5.74) is 5.26. The SMILES string of the molecule is CCCCc1ccc(C(=O)N2CCc3nc(Cc4cccc(OC)c4)nc(N4CCOCC4)c3C2)cc1. The minimum absolute atomic E-state index is 0.0704. The van der Waals surface area contributed by atoms with Crippen LogP contribution in [0.1, 0.15) is 58.3 Å². The predicted octanol–water partition coefficient (Wildman–Crippen LogP) is 4.45. The molecule has 194 valence electrons. The molecule has 2 aromatic carbocycles. The summed E-state index contributed by atoms with van der Waals surface area (Å²) in [4.78, 5) is 27.7. The van der Waals surface area contributed by atoms with Gasteiger partial charge in [0, 0.05) is 43.6 Å².